The van der Waals surface area contributed by atoms with Gasteiger partial charge in [-0.1, -0.05) is 273 Å². The van der Waals surface area contributed by atoms with Crippen LogP contribution in [0.4, 0.5) is 34.1 Å². The van der Waals surface area contributed by atoms with E-state index >= 15 is 0 Å². The Morgan fingerprint density at radius 3 is 0.922 bits per heavy atom. The topological polar surface area (TPSA) is 6.48 Å². The molecule has 362 valence electrons. The highest BCUT2D eigenvalue weighted by Gasteiger charge is 2.45. The van der Waals surface area contributed by atoms with Gasteiger partial charge in [0.2, 0.25) is 0 Å². The van der Waals surface area contributed by atoms with Crippen LogP contribution in [0.1, 0.15) is 44.5 Å². The first-order chi connectivity index (χ1) is 38.2. The van der Waals surface area contributed by atoms with Crippen molar-refractivity contribution in [2.24, 2.45) is 0 Å². The second kappa shape index (κ2) is 19.2. The van der Waals surface area contributed by atoms with Crippen molar-refractivity contribution in [1.82, 2.24) is 0 Å². The number of rotatable bonds is 11. The molecule has 14 rings (SSSR count). The Morgan fingerprint density at radius 1 is 0.221 bits per heavy atom. The quantitative estimate of drug-likeness (QED) is 0.0941. The van der Waals surface area contributed by atoms with Crippen molar-refractivity contribution in [3.63, 3.8) is 0 Å². The Labute approximate surface area is 452 Å². The molecule has 2 nitrogen and oxygen atoms in total. The average molecular weight is 981 g/mol. The highest BCUT2D eigenvalue weighted by Crippen LogP contribution is 2.50. The Bertz CT molecular complexity index is 3790. The maximum atomic E-state index is 2.52. The summed E-state index contributed by atoms with van der Waals surface area (Å²) in [7, 11) is 0. The van der Waals surface area contributed by atoms with E-state index in [1.807, 2.05) is 0 Å². The summed E-state index contributed by atoms with van der Waals surface area (Å²) in [5.74, 6) is 0. The molecule has 0 N–H and O–H groups in total. The van der Waals surface area contributed by atoms with E-state index in [2.05, 4.69) is 331 Å². The molecule has 2 heterocycles. The van der Waals surface area contributed by atoms with E-state index in [1.165, 1.54) is 94.8 Å². The van der Waals surface area contributed by atoms with Gasteiger partial charge in [0.05, 0.1) is 10.8 Å². The number of hydrogen-bond acceptors (Lipinski definition) is 2. The first-order valence-corrected chi connectivity index (χ1v) is 26.8. The normalized spacial score (nSPS) is 12.6. The summed E-state index contributed by atoms with van der Waals surface area (Å²) in [6, 6.07) is 119. The molecule has 2 aliphatic heterocycles. The average Bonchev–Trinajstić information content (AvgIpc) is 3.58. The Morgan fingerprint density at radius 2 is 0.532 bits per heavy atom. The maximum Gasteiger partial charge on any atom is 0.252 e. The van der Waals surface area contributed by atoms with Gasteiger partial charge in [0.15, 0.2) is 0 Å². The minimum absolute atomic E-state index is 0.0223. The number of hydrogen-bond donors (Lipinski definition) is 0. The molecule has 0 saturated heterocycles. The van der Waals surface area contributed by atoms with Crippen molar-refractivity contribution in [2.75, 3.05) is 9.80 Å². The van der Waals surface area contributed by atoms with E-state index in [4.69, 9.17) is 0 Å². The number of anilines is 6. The number of para-hydroxylation sites is 1. The predicted octanol–water partition coefficient (Wildman–Crippen LogP) is 16.2. The smallest absolute Gasteiger partial charge is 0.252 e. The molecular formula is C74H53BN2. The van der Waals surface area contributed by atoms with Crippen LogP contribution in [0, 0.1) is 0 Å². The standard InChI is InChI=1S/C74H53BN2/c1-8-25-54(26-9-1)55-43-52-69-67(53-55)75-66-39-22-23-40-68(66)76(64-48-44-62(45-49-64)73(56-27-10-2-11-28-56,57-29-12-3-13-30-57)58-31-14-4-15-32-58)70-41-24-42-71(72(70)75)77(69)65-50-46-63(47-51-65)74(59-33-16-5-17-34-59,60-35-18-6-19-36-60)61-37-20-7-21-38-61/h1-53H. The van der Waals surface area contributed by atoms with Gasteiger partial charge in [-0.3, -0.25) is 0 Å². The van der Waals surface area contributed by atoms with Crippen molar-refractivity contribution in [2.45, 2.75) is 10.8 Å². The molecule has 0 atom stereocenters. The molecule has 0 radical (unpaired) electrons. The molecular weight excluding hydrogens is 928 g/mol. The zero-order valence-electron chi connectivity index (χ0n) is 42.6. The molecule has 0 aromatic heterocycles. The van der Waals surface area contributed by atoms with Gasteiger partial charge < -0.3 is 9.80 Å². The first kappa shape index (κ1) is 45.9. The number of nitrogens with zero attached hydrogens (tertiary/aromatic N) is 2. The van der Waals surface area contributed by atoms with Gasteiger partial charge in [-0.25, -0.2) is 0 Å². The molecule has 77 heavy (non-hydrogen) atoms. The van der Waals surface area contributed by atoms with Gasteiger partial charge in [-0.15, -0.1) is 0 Å². The fourth-order valence-corrected chi connectivity index (χ4v) is 13.1. The molecule has 0 spiro atoms. The molecule has 0 amide bonds. The highest BCUT2D eigenvalue weighted by atomic mass is 15.2. The van der Waals surface area contributed by atoms with Gasteiger partial charge in [0.1, 0.15) is 0 Å². The molecule has 12 aromatic carbocycles. The van der Waals surface area contributed by atoms with E-state index in [-0.39, 0.29) is 6.71 Å². The van der Waals surface area contributed by atoms with Gasteiger partial charge >= 0.3 is 0 Å². The molecule has 0 fully saturated rings. The summed E-state index contributed by atoms with van der Waals surface area (Å²) >= 11 is 0. The summed E-state index contributed by atoms with van der Waals surface area (Å²) in [6.07, 6.45) is 0. The third-order valence-electron chi connectivity index (χ3n) is 16.4. The van der Waals surface area contributed by atoms with Gasteiger partial charge in [-0.05, 0) is 121 Å². The second-order valence-corrected chi connectivity index (χ2v) is 20.3. The van der Waals surface area contributed by atoms with Gasteiger partial charge in [0.25, 0.3) is 6.71 Å². The molecule has 3 heteroatoms. The van der Waals surface area contributed by atoms with E-state index in [1.54, 1.807) is 0 Å². The molecule has 0 aliphatic carbocycles. The van der Waals surface area contributed by atoms with Crippen LogP contribution in [0.15, 0.2) is 322 Å². The van der Waals surface area contributed by atoms with E-state index in [9.17, 15) is 0 Å². The Balaban J connectivity index is 0.959. The minimum Gasteiger partial charge on any atom is -0.311 e. The van der Waals surface area contributed by atoms with Crippen LogP contribution in [0.2, 0.25) is 0 Å². The summed E-state index contributed by atoms with van der Waals surface area (Å²) in [5.41, 5.74) is 21.8. The second-order valence-electron chi connectivity index (χ2n) is 20.3. The fourth-order valence-electron chi connectivity index (χ4n) is 13.1. The van der Waals surface area contributed by atoms with Gasteiger partial charge in [-0.2, -0.15) is 0 Å². The van der Waals surface area contributed by atoms with Crippen LogP contribution in [0.3, 0.4) is 0 Å². The molecule has 0 unspecified atom stereocenters. The number of benzene rings is 12. The van der Waals surface area contributed by atoms with Crippen LogP contribution in [-0.2, 0) is 10.8 Å². The van der Waals surface area contributed by atoms with Crippen LogP contribution in [0.25, 0.3) is 11.1 Å². The van der Waals surface area contributed by atoms with Crippen LogP contribution in [-0.4, -0.2) is 6.71 Å². The zero-order chi connectivity index (χ0) is 51.2. The Hall–Kier alpha value is -9.70. The van der Waals surface area contributed by atoms with Gasteiger partial charge in [0, 0.05) is 34.1 Å². The van der Waals surface area contributed by atoms with Crippen molar-refractivity contribution in [3.05, 3.63) is 366 Å². The minimum atomic E-state index is -0.563. The molecule has 2 aliphatic rings. The monoisotopic (exact) mass is 980 g/mol. The number of fused-ring (bicyclic) bond motifs is 4. The van der Waals surface area contributed by atoms with Crippen molar-refractivity contribution in [1.29, 1.82) is 0 Å². The summed E-state index contributed by atoms with van der Waals surface area (Å²) in [6.45, 7) is -0.0223. The SMILES string of the molecule is c1ccc(-c2ccc3c(c2)B2c4ccccc4N(c4ccc(C(c5ccccc5)(c5ccccc5)c5ccccc5)cc4)c4cccc(c42)N3c2ccc(C(c3ccccc3)(c3ccccc3)c3ccccc3)cc2)cc1. The summed E-state index contributed by atoms with van der Waals surface area (Å²) in [5, 5.41) is 0. The lowest BCUT2D eigenvalue weighted by Gasteiger charge is -2.44. The van der Waals surface area contributed by atoms with Crippen LogP contribution < -0.4 is 26.2 Å². The first-order valence-electron chi connectivity index (χ1n) is 26.8. The van der Waals surface area contributed by atoms with Crippen LogP contribution in [0.5, 0.6) is 0 Å². The third-order valence-corrected chi connectivity index (χ3v) is 16.4. The molecule has 0 bridgehead atoms. The van der Waals surface area contributed by atoms with Crippen molar-refractivity contribution < 1.29 is 0 Å². The predicted molar refractivity (Wildman–Crippen MR) is 323 cm³/mol. The highest BCUT2D eigenvalue weighted by molar-refractivity contribution is 7.00. The lowest BCUT2D eigenvalue weighted by molar-refractivity contribution is 0.745. The fraction of sp³-hybridized carbons (Fsp3) is 0.0270. The van der Waals surface area contributed by atoms with Crippen molar-refractivity contribution >= 4 is 57.2 Å². The molecule has 12 aromatic rings. The Kier molecular flexibility index (Phi) is 11.5. The molecule has 0 saturated carbocycles. The van der Waals surface area contributed by atoms with Crippen molar-refractivity contribution in [3.8, 4) is 11.1 Å². The van der Waals surface area contributed by atoms with E-state index < -0.39 is 10.8 Å². The van der Waals surface area contributed by atoms with E-state index in [0.717, 1.165) is 11.4 Å². The lowest BCUT2D eigenvalue weighted by atomic mass is 9.33. The van der Waals surface area contributed by atoms with Crippen LogP contribution >= 0.6 is 0 Å². The third kappa shape index (κ3) is 7.41. The maximum absolute atomic E-state index is 2.52. The zero-order valence-corrected chi connectivity index (χ0v) is 42.6. The lowest BCUT2D eigenvalue weighted by Crippen LogP contribution is -2.61. The summed E-state index contributed by atoms with van der Waals surface area (Å²) in [4.78, 5) is 5.02. The summed E-state index contributed by atoms with van der Waals surface area (Å²) < 4.78 is 0. The largest absolute Gasteiger partial charge is 0.311 e. The van der Waals surface area contributed by atoms with E-state index in [0.29, 0.717) is 0 Å².